The lowest BCUT2D eigenvalue weighted by atomic mass is 9.91. The van der Waals surface area contributed by atoms with E-state index in [1.807, 2.05) is 37.3 Å². The minimum absolute atomic E-state index is 0.0736. The maximum Gasteiger partial charge on any atom is 0.411 e. The highest BCUT2D eigenvalue weighted by Gasteiger charge is 2.39. The van der Waals surface area contributed by atoms with Gasteiger partial charge in [-0.3, -0.25) is 5.32 Å². The number of nitrogens with one attached hydrogen (secondary N) is 1. The Morgan fingerprint density at radius 1 is 0.976 bits per heavy atom. The number of nitrogens with zero attached hydrogens (tertiary/aromatic N) is 2. The molecule has 1 aromatic heterocycles. The number of carboxylic acid groups (broad SMARTS) is 1. The molecule has 3 aromatic carbocycles. The van der Waals surface area contributed by atoms with Crippen molar-refractivity contribution in [3.63, 3.8) is 0 Å². The van der Waals surface area contributed by atoms with Gasteiger partial charge in [-0.2, -0.15) is 0 Å². The number of carboxylic acids is 1. The van der Waals surface area contributed by atoms with Crippen LogP contribution in [-0.4, -0.2) is 51.3 Å². The molecule has 0 saturated heterocycles. The first kappa shape index (κ1) is 27.7. The standard InChI is InChI=1S/C30H27N3O7S/c1-18-8-11-21(12-9-18)41(37,38)33-17-25(22-6-4-5-7-27(22)39-2)23-15-20(16-31-28(23)33)19-10-13-26(32-30(36)40-3)24(14-19)29(34)35/h4-16,25H,17H2,1-3H3,(H,32,36)(H,34,35). The summed E-state index contributed by atoms with van der Waals surface area (Å²) >= 11 is 0. The zero-order chi connectivity index (χ0) is 29.3. The molecule has 0 spiro atoms. The highest BCUT2D eigenvalue weighted by Crippen LogP contribution is 2.45. The number of ether oxygens (including phenoxy) is 2. The number of benzene rings is 3. The second-order valence-corrected chi connectivity index (χ2v) is 11.3. The molecule has 210 valence electrons. The number of amides is 1. The van der Waals surface area contributed by atoms with Gasteiger partial charge in [-0.1, -0.05) is 42.0 Å². The molecule has 0 aliphatic carbocycles. The Kier molecular flexibility index (Phi) is 7.38. The van der Waals surface area contributed by atoms with Crippen LogP contribution in [-0.2, 0) is 14.8 Å². The molecule has 0 saturated carbocycles. The molecular weight excluding hydrogens is 546 g/mol. The first-order chi connectivity index (χ1) is 19.6. The van der Waals surface area contributed by atoms with Crippen molar-refractivity contribution < 1.29 is 32.6 Å². The number of carbonyl (C=O) groups is 2. The van der Waals surface area contributed by atoms with Gasteiger partial charge in [-0.25, -0.2) is 27.3 Å². The summed E-state index contributed by atoms with van der Waals surface area (Å²) in [5.41, 5.74) is 3.41. The number of carbonyl (C=O) groups excluding carboxylic acids is 1. The Labute approximate surface area is 237 Å². The smallest absolute Gasteiger partial charge is 0.411 e. The fraction of sp³-hybridized carbons (Fsp3) is 0.167. The topological polar surface area (TPSA) is 135 Å². The molecule has 1 aliphatic rings. The van der Waals surface area contributed by atoms with E-state index in [9.17, 15) is 23.1 Å². The number of hydrogen-bond acceptors (Lipinski definition) is 7. The Morgan fingerprint density at radius 2 is 1.71 bits per heavy atom. The van der Waals surface area contributed by atoms with Gasteiger partial charge in [0.15, 0.2) is 0 Å². The summed E-state index contributed by atoms with van der Waals surface area (Å²) in [6.45, 7) is 1.99. The highest BCUT2D eigenvalue weighted by atomic mass is 32.2. The van der Waals surface area contributed by atoms with Gasteiger partial charge < -0.3 is 14.6 Å². The summed E-state index contributed by atoms with van der Waals surface area (Å²) in [6, 6.07) is 20.4. The number of aryl methyl sites for hydroxylation is 1. The molecule has 1 unspecified atom stereocenters. The largest absolute Gasteiger partial charge is 0.496 e. The molecule has 4 aromatic rings. The van der Waals surface area contributed by atoms with E-state index in [0.29, 0.717) is 22.4 Å². The molecule has 10 nitrogen and oxygen atoms in total. The minimum Gasteiger partial charge on any atom is -0.496 e. The van der Waals surface area contributed by atoms with Crippen LogP contribution in [0.15, 0.2) is 83.9 Å². The third kappa shape index (κ3) is 5.19. The molecule has 0 fully saturated rings. The minimum atomic E-state index is -3.94. The first-order valence-electron chi connectivity index (χ1n) is 12.6. The van der Waals surface area contributed by atoms with Crippen LogP contribution in [0.2, 0.25) is 0 Å². The van der Waals surface area contributed by atoms with E-state index in [-0.39, 0.29) is 28.5 Å². The Hall–Kier alpha value is -4.90. The molecule has 1 aliphatic heterocycles. The van der Waals surface area contributed by atoms with Crippen LogP contribution < -0.4 is 14.4 Å². The van der Waals surface area contributed by atoms with Gasteiger partial charge >= 0.3 is 12.1 Å². The monoisotopic (exact) mass is 573 g/mol. The fourth-order valence-corrected chi connectivity index (χ4v) is 6.35. The SMILES string of the molecule is COC(=O)Nc1ccc(-c2cnc3c(c2)C(c2ccccc2OC)CN3S(=O)(=O)c2ccc(C)cc2)cc1C(=O)O. The molecule has 1 amide bonds. The summed E-state index contributed by atoms with van der Waals surface area (Å²) in [6.07, 6.45) is 0.712. The molecule has 2 N–H and O–H groups in total. The van der Waals surface area contributed by atoms with Crippen molar-refractivity contribution in [2.45, 2.75) is 17.7 Å². The summed E-state index contributed by atoms with van der Waals surface area (Å²) in [4.78, 5) is 28.4. The number of rotatable bonds is 7. The van der Waals surface area contributed by atoms with Crippen molar-refractivity contribution in [2.24, 2.45) is 0 Å². The average molecular weight is 574 g/mol. The van der Waals surface area contributed by atoms with E-state index in [1.54, 1.807) is 37.4 Å². The van der Waals surface area contributed by atoms with Crippen molar-refractivity contribution in [1.82, 2.24) is 4.98 Å². The highest BCUT2D eigenvalue weighted by molar-refractivity contribution is 7.92. The number of pyridine rings is 1. The molecule has 0 bridgehead atoms. The van der Waals surface area contributed by atoms with Crippen LogP contribution in [0.3, 0.4) is 0 Å². The number of sulfonamides is 1. The van der Waals surface area contributed by atoms with Gasteiger partial charge in [-0.05, 0) is 48.9 Å². The van der Waals surface area contributed by atoms with Gasteiger partial charge in [0.1, 0.15) is 11.6 Å². The number of hydrogen-bond donors (Lipinski definition) is 2. The number of methoxy groups -OCH3 is 2. The summed E-state index contributed by atoms with van der Waals surface area (Å²) < 4.78 is 39.1. The number of anilines is 2. The van der Waals surface area contributed by atoms with E-state index < -0.39 is 28.0 Å². The molecular formula is C30H27N3O7S. The maximum absolute atomic E-state index is 13.8. The fourth-order valence-electron chi connectivity index (χ4n) is 4.89. The lowest BCUT2D eigenvalue weighted by Crippen LogP contribution is -2.30. The maximum atomic E-state index is 13.8. The molecule has 41 heavy (non-hydrogen) atoms. The van der Waals surface area contributed by atoms with Gasteiger partial charge in [-0.15, -0.1) is 0 Å². The van der Waals surface area contributed by atoms with Crippen LogP contribution in [0, 0.1) is 6.92 Å². The summed E-state index contributed by atoms with van der Waals surface area (Å²) in [7, 11) is -1.21. The molecule has 11 heteroatoms. The number of aromatic carboxylic acids is 1. The average Bonchev–Trinajstić information content (AvgIpc) is 3.37. The normalized spacial score (nSPS) is 14.3. The Bertz CT molecular complexity index is 1750. The predicted octanol–water partition coefficient (Wildman–Crippen LogP) is 5.28. The van der Waals surface area contributed by atoms with Gasteiger partial charge in [0.25, 0.3) is 10.0 Å². The number of para-hydroxylation sites is 1. The van der Waals surface area contributed by atoms with Crippen LogP contribution in [0.25, 0.3) is 11.1 Å². The molecule has 5 rings (SSSR count). The Balaban J connectivity index is 1.64. The van der Waals surface area contributed by atoms with E-state index in [1.165, 1.54) is 29.7 Å². The van der Waals surface area contributed by atoms with E-state index >= 15 is 0 Å². The quantitative estimate of drug-likeness (QED) is 0.305. The zero-order valence-electron chi connectivity index (χ0n) is 22.5. The van der Waals surface area contributed by atoms with Crippen molar-refractivity contribution in [2.75, 3.05) is 30.4 Å². The van der Waals surface area contributed by atoms with Crippen molar-refractivity contribution >= 4 is 33.6 Å². The van der Waals surface area contributed by atoms with Crippen LogP contribution in [0.1, 0.15) is 33.0 Å². The van der Waals surface area contributed by atoms with Crippen molar-refractivity contribution in [3.05, 3.63) is 101 Å². The van der Waals surface area contributed by atoms with Gasteiger partial charge in [0.05, 0.1) is 30.4 Å². The van der Waals surface area contributed by atoms with Gasteiger partial charge in [0, 0.05) is 35.3 Å². The summed E-state index contributed by atoms with van der Waals surface area (Å²) in [5, 5.41) is 12.2. The van der Waals surface area contributed by atoms with E-state index in [4.69, 9.17) is 4.74 Å². The summed E-state index contributed by atoms with van der Waals surface area (Å²) in [5.74, 6) is -0.759. The third-order valence-electron chi connectivity index (χ3n) is 6.98. The zero-order valence-corrected chi connectivity index (χ0v) is 23.3. The lowest BCUT2D eigenvalue weighted by Gasteiger charge is -2.20. The van der Waals surface area contributed by atoms with Gasteiger partial charge in [0.2, 0.25) is 0 Å². The van der Waals surface area contributed by atoms with Crippen LogP contribution in [0.5, 0.6) is 5.75 Å². The second-order valence-electron chi connectivity index (χ2n) is 9.46. The predicted molar refractivity (Wildman–Crippen MR) is 153 cm³/mol. The van der Waals surface area contributed by atoms with Crippen molar-refractivity contribution in [1.29, 1.82) is 0 Å². The van der Waals surface area contributed by atoms with E-state index in [0.717, 1.165) is 11.1 Å². The Morgan fingerprint density at radius 3 is 2.39 bits per heavy atom. The molecule has 2 heterocycles. The van der Waals surface area contributed by atoms with Crippen LogP contribution in [0.4, 0.5) is 16.3 Å². The second kappa shape index (κ2) is 10.9. The molecule has 0 radical (unpaired) electrons. The molecule has 1 atom stereocenters. The van der Waals surface area contributed by atoms with Crippen LogP contribution >= 0.6 is 0 Å². The van der Waals surface area contributed by atoms with Crippen molar-refractivity contribution in [3.8, 4) is 16.9 Å². The first-order valence-corrected chi connectivity index (χ1v) is 14.0. The van der Waals surface area contributed by atoms with E-state index in [2.05, 4.69) is 15.0 Å². The number of aromatic nitrogens is 1. The third-order valence-corrected chi connectivity index (χ3v) is 8.75. The number of fused-ring (bicyclic) bond motifs is 1. The lowest BCUT2D eigenvalue weighted by molar-refractivity contribution is 0.0698.